The summed E-state index contributed by atoms with van der Waals surface area (Å²) in [5, 5.41) is 1.66. The average Bonchev–Trinajstić information content (AvgIpc) is 3.24. The van der Waals surface area contributed by atoms with Gasteiger partial charge in [-0.05, 0) is 51.0 Å². The van der Waals surface area contributed by atoms with Crippen molar-refractivity contribution >= 4 is 5.91 Å². The first-order valence-corrected chi connectivity index (χ1v) is 9.60. The summed E-state index contributed by atoms with van der Waals surface area (Å²) in [6.45, 7) is 6.29. The fourth-order valence-corrected chi connectivity index (χ4v) is 4.84. The highest BCUT2D eigenvalue weighted by Crippen LogP contribution is 2.50. The predicted molar refractivity (Wildman–Crippen MR) is 93.3 cm³/mol. The Hall–Kier alpha value is -1.53. The summed E-state index contributed by atoms with van der Waals surface area (Å²) >= 11 is 0. The van der Waals surface area contributed by atoms with Crippen molar-refractivity contribution in [3.05, 3.63) is 23.8 Å². The fourth-order valence-electron chi connectivity index (χ4n) is 4.84. The molecule has 0 unspecified atom stereocenters. The summed E-state index contributed by atoms with van der Waals surface area (Å²) < 4.78 is 0. The molecule has 1 aliphatic carbocycles. The van der Waals surface area contributed by atoms with Crippen LogP contribution < -0.4 is 0 Å². The maximum atomic E-state index is 13.0. The largest absolute Gasteiger partial charge is 0.298 e. The molecular weight excluding hydrogens is 316 g/mol. The number of aryl methyl sites for hydroxylation is 1. The summed E-state index contributed by atoms with van der Waals surface area (Å²) in [5.41, 5.74) is 1.30. The van der Waals surface area contributed by atoms with Crippen molar-refractivity contribution < 1.29 is 9.63 Å². The Bertz CT molecular complexity index is 614. The molecule has 1 aromatic rings. The second kappa shape index (κ2) is 7.00. The molecule has 25 heavy (non-hydrogen) atoms. The van der Waals surface area contributed by atoms with Crippen molar-refractivity contribution in [1.29, 1.82) is 0 Å². The maximum absolute atomic E-state index is 13.0. The van der Waals surface area contributed by atoms with Crippen LogP contribution in [0.25, 0.3) is 0 Å². The van der Waals surface area contributed by atoms with E-state index in [1.807, 2.05) is 19.3 Å². The molecule has 3 aliphatic rings. The van der Waals surface area contributed by atoms with Crippen LogP contribution in [0.4, 0.5) is 0 Å². The minimum atomic E-state index is 0.130. The molecule has 0 aromatic carbocycles. The normalized spacial score (nSPS) is 30.3. The fraction of sp³-hybridized carbons (Fsp3) is 0.737. The Balaban J connectivity index is 1.42. The highest BCUT2D eigenvalue weighted by atomic mass is 16.7. The smallest absolute Gasteiger partial charge is 0.249 e. The van der Waals surface area contributed by atoms with E-state index >= 15 is 0 Å². The lowest BCUT2D eigenvalue weighted by atomic mass is 9.76. The van der Waals surface area contributed by atoms with Crippen LogP contribution in [-0.2, 0) is 16.2 Å². The van der Waals surface area contributed by atoms with Gasteiger partial charge in [0.2, 0.25) is 5.91 Å². The molecule has 6 heteroatoms. The van der Waals surface area contributed by atoms with Crippen LogP contribution in [0.15, 0.2) is 12.4 Å². The molecule has 1 aromatic heterocycles. The SMILES string of the molecule is Cc1ncc(CN2CC[C@]3(CCC[C@H]3C(=O)N3CCCCO3)C2)cn1. The zero-order valence-corrected chi connectivity index (χ0v) is 15.1. The number of hydrogen-bond donors (Lipinski definition) is 0. The number of amides is 1. The van der Waals surface area contributed by atoms with Crippen molar-refractivity contribution in [3.63, 3.8) is 0 Å². The number of rotatable bonds is 3. The van der Waals surface area contributed by atoms with Gasteiger partial charge in [0, 0.05) is 43.5 Å². The molecule has 136 valence electrons. The highest BCUT2D eigenvalue weighted by Gasteiger charge is 2.51. The molecule has 0 N–H and O–H groups in total. The Kier molecular flexibility index (Phi) is 4.73. The molecule has 2 aliphatic heterocycles. The number of hydroxylamine groups is 2. The Labute approximate surface area is 149 Å². The summed E-state index contributed by atoms with van der Waals surface area (Å²) in [6.07, 6.45) is 10.4. The van der Waals surface area contributed by atoms with E-state index < -0.39 is 0 Å². The molecule has 0 radical (unpaired) electrons. The summed E-state index contributed by atoms with van der Waals surface area (Å²) in [4.78, 5) is 29.7. The third-order valence-electron chi connectivity index (χ3n) is 6.16. The lowest BCUT2D eigenvalue weighted by Crippen LogP contribution is -2.45. The van der Waals surface area contributed by atoms with E-state index in [0.29, 0.717) is 6.61 Å². The standard InChI is InChI=1S/C19H28N4O2/c1-15-20-11-16(12-21-15)13-22-9-7-19(14-22)6-4-5-17(19)18(24)23-8-2-3-10-25-23/h11-12,17H,2-10,13-14H2,1H3/t17-,19+/m0/s1. The van der Waals surface area contributed by atoms with Crippen LogP contribution in [0.5, 0.6) is 0 Å². The van der Waals surface area contributed by atoms with Gasteiger partial charge in [0.15, 0.2) is 0 Å². The van der Waals surface area contributed by atoms with Crippen LogP contribution in [0.2, 0.25) is 0 Å². The average molecular weight is 344 g/mol. The van der Waals surface area contributed by atoms with E-state index in [-0.39, 0.29) is 17.2 Å². The van der Waals surface area contributed by atoms with E-state index in [1.54, 1.807) is 5.06 Å². The molecule has 4 rings (SSSR count). The molecule has 1 saturated carbocycles. The van der Waals surface area contributed by atoms with Gasteiger partial charge in [-0.25, -0.2) is 15.0 Å². The van der Waals surface area contributed by atoms with E-state index in [1.165, 1.54) is 0 Å². The maximum Gasteiger partial charge on any atom is 0.249 e. The van der Waals surface area contributed by atoms with E-state index in [9.17, 15) is 4.79 Å². The third-order valence-corrected chi connectivity index (χ3v) is 6.16. The second-order valence-corrected chi connectivity index (χ2v) is 7.89. The first kappa shape index (κ1) is 16.9. The van der Waals surface area contributed by atoms with E-state index in [2.05, 4.69) is 14.9 Å². The van der Waals surface area contributed by atoms with E-state index in [0.717, 1.165) is 76.1 Å². The molecule has 2 saturated heterocycles. The minimum absolute atomic E-state index is 0.130. The van der Waals surface area contributed by atoms with Gasteiger partial charge in [-0.3, -0.25) is 14.5 Å². The number of aromatic nitrogens is 2. The van der Waals surface area contributed by atoms with Gasteiger partial charge >= 0.3 is 0 Å². The van der Waals surface area contributed by atoms with Gasteiger partial charge in [0.1, 0.15) is 5.82 Å². The van der Waals surface area contributed by atoms with Gasteiger partial charge in [0.25, 0.3) is 0 Å². The highest BCUT2D eigenvalue weighted by molar-refractivity contribution is 5.79. The number of carbonyl (C=O) groups excluding carboxylic acids is 1. The number of carbonyl (C=O) groups is 1. The van der Waals surface area contributed by atoms with Crippen molar-refractivity contribution in [2.45, 2.75) is 52.0 Å². The van der Waals surface area contributed by atoms with Crippen LogP contribution >= 0.6 is 0 Å². The van der Waals surface area contributed by atoms with E-state index in [4.69, 9.17) is 4.84 Å². The molecule has 3 heterocycles. The van der Waals surface area contributed by atoms with Crippen LogP contribution in [0.1, 0.15) is 49.9 Å². The summed E-state index contributed by atoms with van der Waals surface area (Å²) in [7, 11) is 0. The van der Waals surface area contributed by atoms with Gasteiger partial charge in [0.05, 0.1) is 6.61 Å². The number of nitrogens with zero attached hydrogens (tertiary/aromatic N) is 4. The van der Waals surface area contributed by atoms with Crippen molar-refractivity contribution in [2.75, 3.05) is 26.2 Å². The number of likely N-dealkylation sites (tertiary alicyclic amines) is 1. The molecule has 1 spiro atoms. The van der Waals surface area contributed by atoms with Crippen molar-refractivity contribution in [1.82, 2.24) is 19.9 Å². The van der Waals surface area contributed by atoms with Gasteiger partial charge in [-0.1, -0.05) is 6.42 Å². The molecule has 6 nitrogen and oxygen atoms in total. The lowest BCUT2D eigenvalue weighted by molar-refractivity contribution is -0.204. The predicted octanol–water partition coefficient (Wildman–Crippen LogP) is 2.33. The first-order valence-electron chi connectivity index (χ1n) is 9.60. The van der Waals surface area contributed by atoms with Gasteiger partial charge in [-0.2, -0.15) is 0 Å². The van der Waals surface area contributed by atoms with Crippen molar-refractivity contribution in [3.8, 4) is 0 Å². The second-order valence-electron chi connectivity index (χ2n) is 7.89. The zero-order valence-electron chi connectivity index (χ0n) is 15.1. The molecular formula is C19H28N4O2. The Morgan fingerprint density at radius 3 is 2.84 bits per heavy atom. The van der Waals surface area contributed by atoms with Crippen molar-refractivity contribution in [2.24, 2.45) is 11.3 Å². The summed E-state index contributed by atoms with van der Waals surface area (Å²) in [6, 6.07) is 0. The quantitative estimate of drug-likeness (QED) is 0.842. The van der Waals surface area contributed by atoms with Gasteiger partial charge in [-0.15, -0.1) is 0 Å². The minimum Gasteiger partial charge on any atom is -0.298 e. The molecule has 3 fully saturated rings. The first-order chi connectivity index (χ1) is 12.2. The Morgan fingerprint density at radius 1 is 1.24 bits per heavy atom. The monoisotopic (exact) mass is 344 g/mol. The Morgan fingerprint density at radius 2 is 2.08 bits per heavy atom. The molecule has 2 atom stereocenters. The molecule has 1 amide bonds. The lowest BCUT2D eigenvalue weighted by Gasteiger charge is -2.35. The van der Waals surface area contributed by atoms with Crippen LogP contribution in [-0.4, -0.2) is 52.1 Å². The van der Waals surface area contributed by atoms with Crippen LogP contribution in [0.3, 0.4) is 0 Å². The zero-order chi connectivity index (χ0) is 17.3. The summed E-state index contributed by atoms with van der Waals surface area (Å²) in [5.74, 6) is 1.17. The topological polar surface area (TPSA) is 58.6 Å². The third kappa shape index (κ3) is 3.42. The van der Waals surface area contributed by atoms with Crippen LogP contribution in [0, 0.1) is 18.3 Å². The molecule has 0 bridgehead atoms. The van der Waals surface area contributed by atoms with Gasteiger partial charge < -0.3 is 0 Å². The number of hydrogen-bond acceptors (Lipinski definition) is 5.